The van der Waals surface area contributed by atoms with Crippen molar-refractivity contribution < 1.29 is 37.1 Å². The molecule has 6 rings (SSSR count). The smallest absolute Gasteiger partial charge is 0.417 e. The number of alkyl halides is 3. The molecule has 3 aliphatic rings. The third-order valence-electron chi connectivity index (χ3n) is 11.3. The van der Waals surface area contributed by atoms with Crippen molar-refractivity contribution in [2.45, 2.75) is 96.7 Å². The van der Waals surface area contributed by atoms with E-state index in [0.29, 0.717) is 55.3 Å². The second-order valence-corrected chi connectivity index (χ2v) is 16.4. The first kappa shape index (κ1) is 44.0. The Morgan fingerprint density at radius 2 is 1.72 bits per heavy atom. The van der Waals surface area contributed by atoms with Crippen molar-refractivity contribution in [2.24, 2.45) is 0 Å². The molecule has 0 radical (unpaired) electrons. The van der Waals surface area contributed by atoms with Gasteiger partial charge in [-0.2, -0.15) is 18.4 Å². The Bertz CT molecular complexity index is 2220. The number of nitrogens with one attached hydrogen (secondary N) is 3. The largest absolute Gasteiger partial charge is 0.492 e. The van der Waals surface area contributed by atoms with Crippen molar-refractivity contribution in [3.63, 3.8) is 0 Å². The number of carbonyl (C=O) groups excluding carboxylic acids is 4. The number of ether oxygens (including phenoxy) is 1. The average Bonchev–Trinajstić information content (AvgIpc) is 3.37. The molecular formula is C43H49F3N8O5S. The molecule has 0 saturated carbocycles. The van der Waals surface area contributed by atoms with Gasteiger partial charge in [0.25, 0.3) is 5.91 Å². The summed E-state index contributed by atoms with van der Waals surface area (Å²) in [7, 11) is 0. The molecule has 318 valence electrons. The van der Waals surface area contributed by atoms with Crippen molar-refractivity contribution in [2.75, 3.05) is 46.7 Å². The van der Waals surface area contributed by atoms with E-state index in [-0.39, 0.29) is 59.6 Å². The number of rotatable bonds is 12. The Labute approximate surface area is 352 Å². The van der Waals surface area contributed by atoms with Crippen molar-refractivity contribution in [1.82, 2.24) is 15.1 Å². The highest BCUT2D eigenvalue weighted by molar-refractivity contribution is 7.81. The van der Waals surface area contributed by atoms with Crippen LogP contribution < -0.4 is 30.5 Å². The summed E-state index contributed by atoms with van der Waals surface area (Å²) in [5.41, 5.74) is -0.305. The van der Waals surface area contributed by atoms with Crippen LogP contribution in [0.1, 0.15) is 71.1 Å². The summed E-state index contributed by atoms with van der Waals surface area (Å²) >= 11 is 5.74. The fourth-order valence-electron chi connectivity index (χ4n) is 8.05. The van der Waals surface area contributed by atoms with Crippen molar-refractivity contribution in [1.29, 1.82) is 5.26 Å². The number of hydrogen-bond acceptors (Lipinski definition) is 10. The minimum atomic E-state index is -4.80. The Hall–Kier alpha value is -5.57. The molecule has 0 spiro atoms. The lowest BCUT2D eigenvalue weighted by Gasteiger charge is -2.46. The molecule has 3 saturated heterocycles. The van der Waals surface area contributed by atoms with Crippen molar-refractivity contribution >= 4 is 63.7 Å². The zero-order valence-electron chi connectivity index (χ0n) is 34.4. The molecular weight excluding hydrogens is 798 g/mol. The fourth-order valence-corrected chi connectivity index (χ4v) is 8.57. The number of anilines is 4. The molecule has 4 amide bonds. The van der Waals surface area contributed by atoms with E-state index in [1.54, 1.807) is 55.1 Å². The number of nitriles is 1. The number of thiocarbonyl (C=S) groups is 1. The standard InChI is InChI=1S/C43H49F3N8O5S/c1-7-28-17-33(54-41(60)53(40(58)42(54,5)6)32-12-11-29(20-47)34(19-32)43(44,45)46)13-15-36(28)59-24-27(4)51-21-25(2)52(26(3)22-51)23-38(56)49-31-10-8-9-30(18-31)48-35-14-16-37(55)50-39(35)57/h8-13,15,17-19,25-27,35,48H,7,14,16,21-24H2,1-6H3,(H,49,56)(H,50,55,57)/t25-,26+,27-,35?/m1/s1. The van der Waals surface area contributed by atoms with Crippen LogP contribution in [-0.2, 0) is 31.8 Å². The quantitative estimate of drug-likeness (QED) is 0.144. The lowest BCUT2D eigenvalue weighted by molar-refractivity contribution is -0.138. The van der Waals surface area contributed by atoms with Crippen LogP contribution in [-0.4, -0.2) is 94.5 Å². The molecule has 0 aromatic heterocycles. The van der Waals surface area contributed by atoms with Gasteiger partial charge in [-0.05, 0) is 120 Å². The van der Waals surface area contributed by atoms with Crippen LogP contribution in [0.2, 0.25) is 0 Å². The molecule has 1 unspecified atom stereocenters. The average molecular weight is 847 g/mol. The molecule has 3 fully saturated rings. The first-order chi connectivity index (χ1) is 28.3. The van der Waals surface area contributed by atoms with E-state index < -0.39 is 34.8 Å². The number of benzene rings is 3. The van der Waals surface area contributed by atoms with Gasteiger partial charge in [0.2, 0.25) is 17.7 Å². The number of aryl methyl sites for hydroxylation is 1. The number of amides is 4. The summed E-state index contributed by atoms with van der Waals surface area (Å²) in [5.74, 6) is -0.661. The highest BCUT2D eigenvalue weighted by Gasteiger charge is 2.51. The number of piperidine rings is 1. The number of carbonyl (C=O) groups is 4. The Morgan fingerprint density at radius 1 is 1.03 bits per heavy atom. The number of imide groups is 1. The molecule has 3 aliphatic heterocycles. The van der Waals surface area contributed by atoms with Gasteiger partial charge in [-0.25, -0.2) is 0 Å². The molecule has 3 aromatic rings. The molecule has 3 heterocycles. The SMILES string of the molecule is CCc1cc(N2C(=S)N(c3ccc(C#N)c(C(F)(F)F)c3)C(=O)C2(C)C)ccc1OC[C@@H](C)N1C[C@@H](C)N(CC(=O)Nc2cccc(NC3CCC(=O)NC3=O)c2)[C@@H](C)C1. The molecule has 60 heavy (non-hydrogen) atoms. The van der Waals surface area contributed by atoms with E-state index in [0.717, 1.165) is 22.6 Å². The summed E-state index contributed by atoms with van der Waals surface area (Å²) in [5, 5.41) is 17.7. The van der Waals surface area contributed by atoms with Crippen molar-refractivity contribution in [3.05, 3.63) is 77.4 Å². The third kappa shape index (κ3) is 9.25. The van der Waals surface area contributed by atoms with Crippen LogP contribution in [0.25, 0.3) is 0 Å². The van der Waals surface area contributed by atoms with E-state index >= 15 is 0 Å². The van der Waals surface area contributed by atoms with E-state index in [2.05, 4.69) is 46.5 Å². The number of piperazine rings is 1. The van der Waals surface area contributed by atoms with Gasteiger partial charge in [0.1, 0.15) is 23.9 Å². The lowest BCUT2D eigenvalue weighted by Crippen LogP contribution is -2.60. The maximum absolute atomic E-state index is 13.8. The predicted octanol–water partition coefficient (Wildman–Crippen LogP) is 6.07. The van der Waals surface area contributed by atoms with Gasteiger partial charge in [-0.1, -0.05) is 13.0 Å². The number of nitrogens with zero attached hydrogens (tertiary/aromatic N) is 5. The summed E-state index contributed by atoms with van der Waals surface area (Å²) in [6, 6.07) is 16.9. The topological polar surface area (TPSA) is 150 Å². The first-order valence-corrected chi connectivity index (χ1v) is 20.3. The first-order valence-electron chi connectivity index (χ1n) is 19.9. The Morgan fingerprint density at radius 3 is 2.37 bits per heavy atom. The molecule has 3 N–H and O–H groups in total. The Balaban J connectivity index is 1.05. The molecule has 3 aromatic carbocycles. The van der Waals surface area contributed by atoms with E-state index in [4.69, 9.17) is 17.0 Å². The van der Waals surface area contributed by atoms with Crippen LogP contribution >= 0.6 is 12.2 Å². The molecule has 0 bridgehead atoms. The Kier molecular flexibility index (Phi) is 12.9. The molecule has 13 nitrogen and oxygen atoms in total. The lowest BCUT2D eigenvalue weighted by atomic mass is 10.0. The van der Waals surface area contributed by atoms with Crippen molar-refractivity contribution in [3.8, 4) is 11.8 Å². The monoisotopic (exact) mass is 846 g/mol. The van der Waals surface area contributed by atoms with Crippen LogP contribution in [0, 0.1) is 11.3 Å². The van der Waals surface area contributed by atoms with Gasteiger partial charge in [0.05, 0.1) is 29.4 Å². The molecule has 4 atom stereocenters. The minimum absolute atomic E-state index is 0.0144. The van der Waals surface area contributed by atoms with Crippen LogP contribution in [0.5, 0.6) is 5.75 Å². The number of hydrogen-bond donors (Lipinski definition) is 3. The second-order valence-electron chi connectivity index (χ2n) is 16.1. The van der Waals surface area contributed by atoms with E-state index in [1.165, 1.54) is 6.07 Å². The van der Waals surface area contributed by atoms with Crippen LogP contribution in [0.15, 0.2) is 60.7 Å². The maximum atomic E-state index is 13.8. The molecule has 0 aliphatic carbocycles. The van der Waals surface area contributed by atoms with Gasteiger partial charge < -0.3 is 20.3 Å². The normalized spacial score (nSPS) is 21.7. The van der Waals surface area contributed by atoms with E-state index in [9.17, 15) is 37.6 Å². The maximum Gasteiger partial charge on any atom is 0.417 e. The molecule has 17 heteroatoms. The van der Waals surface area contributed by atoms with Gasteiger partial charge in [0.15, 0.2) is 5.11 Å². The summed E-state index contributed by atoms with van der Waals surface area (Å²) in [6.45, 7) is 13.6. The third-order valence-corrected chi connectivity index (χ3v) is 11.7. The van der Waals surface area contributed by atoms with Gasteiger partial charge >= 0.3 is 6.18 Å². The van der Waals surface area contributed by atoms with E-state index in [1.807, 2.05) is 19.1 Å². The zero-order chi connectivity index (χ0) is 43.7. The zero-order valence-corrected chi connectivity index (χ0v) is 35.2. The fraction of sp³-hybridized carbons (Fsp3) is 0.442. The van der Waals surface area contributed by atoms with Gasteiger partial charge in [0, 0.05) is 54.7 Å². The summed E-state index contributed by atoms with van der Waals surface area (Å²) in [6.07, 6.45) is -3.55. The second kappa shape index (κ2) is 17.6. The number of halogens is 3. The highest BCUT2D eigenvalue weighted by Crippen LogP contribution is 2.41. The van der Waals surface area contributed by atoms with Crippen LogP contribution in [0.4, 0.5) is 35.9 Å². The predicted molar refractivity (Wildman–Crippen MR) is 226 cm³/mol. The van der Waals surface area contributed by atoms with Crippen LogP contribution in [0.3, 0.4) is 0 Å². The van der Waals surface area contributed by atoms with Gasteiger partial charge in [-0.3, -0.25) is 39.2 Å². The summed E-state index contributed by atoms with van der Waals surface area (Å²) < 4.78 is 47.8. The minimum Gasteiger partial charge on any atom is -0.492 e. The highest BCUT2D eigenvalue weighted by atomic mass is 32.1. The summed E-state index contributed by atoms with van der Waals surface area (Å²) in [4.78, 5) is 57.9. The van der Waals surface area contributed by atoms with Gasteiger partial charge in [-0.15, -0.1) is 0 Å².